The molecule has 0 spiro atoms. The maximum atomic E-state index is 13.6. The maximum absolute atomic E-state index is 13.6. The number of phenolic OH excluding ortho intramolecular Hbond substituents is 1. The second-order valence-corrected chi connectivity index (χ2v) is 10.1. The van der Waals surface area contributed by atoms with Gasteiger partial charge in [0.15, 0.2) is 5.75 Å². The number of anilines is 1. The van der Waals surface area contributed by atoms with Crippen LogP contribution in [0.15, 0.2) is 60.7 Å². The van der Waals surface area contributed by atoms with Crippen LogP contribution in [0, 0.1) is 12.7 Å². The molecule has 0 bridgehead atoms. The van der Waals surface area contributed by atoms with Gasteiger partial charge < -0.3 is 15.2 Å². The molecule has 1 saturated heterocycles. The van der Waals surface area contributed by atoms with E-state index in [1.165, 1.54) is 29.5 Å². The van der Waals surface area contributed by atoms with Crippen LogP contribution >= 0.6 is 11.3 Å². The summed E-state index contributed by atoms with van der Waals surface area (Å²) in [4.78, 5) is 16.1. The van der Waals surface area contributed by atoms with Crippen LogP contribution in [-0.2, 0) is 0 Å². The van der Waals surface area contributed by atoms with Crippen molar-refractivity contribution in [1.29, 1.82) is 0 Å². The van der Waals surface area contributed by atoms with Crippen molar-refractivity contribution in [3.63, 3.8) is 0 Å². The first-order valence-electron chi connectivity index (χ1n) is 11.8. The lowest BCUT2D eigenvalue weighted by atomic mass is 10.0. The number of likely N-dealkylation sites (tertiary alicyclic amines) is 1. The fraction of sp³-hybridized carbons (Fsp3) is 0.250. The molecule has 1 aliphatic heterocycles. The highest BCUT2D eigenvalue weighted by molar-refractivity contribution is 7.21. The molecule has 1 aromatic heterocycles. The van der Waals surface area contributed by atoms with Crippen LogP contribution in [-0.4, -0.2) is 48.1 Å². The van der Waals surface area contributed by atoms with Gasteiger partial charge >= 0.3 is 0 Å². The molecule has 0 saturated carbocycles. The van der Waals surface area contributed by atoms with E-state index >= 15 is 0 Å². The number of benzene rings is 3. The number of aromatic hydroxyl groups is 1. The molecule has 2 N–H and O–H groups in total. The Balaban J connectivity index is 1.37. The van der Waals surface area contributed by atoms with Crippen molar-refractivity contribution in [2.45, 2.75) is 19.4 Å². The molecule has 0 aliphatic carbocycles. The highest BCUT2D eigenvalue weighted by atomic mass is 32.1. The van der Waals surface area contributed by atoms with Crippen molar-refractivity contribution in [1.82, 2.24) is 4.90 Å². The number of phenols is 1. The molecule has 2 heterocycles. The smallest absolute Gasteiger partial charge is 0.207 e. The van der Waals surface area contributed by atoms with E-state index in [9.17, 15) is 18.7 Å². The summed E-state index contributed by atoms with van der Waals surface area (Å²) < 4.78 is 32.9. The first kappa shape index (κ1) is 24.2. The highest BCUT2D eigenvalue weighted by Gasteiger charge is 2.26. The number of alkyl halides is 1. The van der Waals surface area contributed by atoms with Gasteiger partial charge in [-0.15, -0.1) is 11.3 Å². The van der Waals surface area contributed by atoms with Crippen LogP contribution in [0.25, 0.3) is 10.1 Å². The number of nitrogens with one attached hydrogen (secondary N) is 1. The third-order valence-electron chi connectivity index (χ3n) is 6.28. The van der Waals surface area contributed by atoms with Gasteiger partial charge in [0.2, 0.25) is 5.78 Å². The Morgan fingerprint density at radius 1 is 1.14 bits per heavy atom. The van der Waals surface area contributed by atoms with E-state index in [0.29, 0.717) is 50.1 Å². The van der Waals surface area contributed by atoms with Crippen molar-refractivity contribution in [3.8, 4) is 17.2 Å². The van der Waals surface area contributed by atoms with E-state index in [0.717, 1.165) is 25.3 Å². The van der Waals surface area contributed by atoms with Gasteiger partial charge in [-0.25, -0.2) is 4.39 Å². The van der Waals surface area contributed by atoms with Crippen LogP contribution in [0.4, 0.5) is 14.5 Å². The molecule has 5 rings (SSSR count). The molecule has 186 valence electrons. The molecule has 8 heteroatoms. The molecule has 1 aliphatic rings. The molecule has 1 fully saturated rings. The highest BCUT2D eigenvalue weighted by Crippen LogP contribution is 2.43. The van der Waals surface area contributed by atoms with Gasteiger partial charge in [-0.3, -0.25) is 14.1 Å². The van der Waals surface area contributed by atoms with E-state index < -0.39 is 5.82 Å². The summed E-state index contributed by atoms with van der Waals surface area (Å²) in [6.07, 6.45) is 0.570. The first-order chi connectivity index (χ1) is 17.4. The number of rotatable bonds is 9. The maximum Gasteiger partial charge on any atom is 0.207 e. The van der Waals surface area contributed by atoms with Crippen molar-refractivity contribution in [2.24, 2.45) is 0 Å². The van der Waals surface area contributed by atoms with Crippen LogP contribution in [0.3, 0.4) is 0 Å². The predicted octanol–water partition coefficient (Wildman–Crippen LogP) is 6.53. The lowest BCUT2D eigenvalue weighted by Crippen LogP contribution is -2.54. The molecule has 0 atom stereocenters. The van der Waals surface area contributed by atoms with Gasteiger partial charge in [0.05, 0.1) is 12.7 Å². The SMILES string of the molecule is Cc1cc(F)ccc1C(=O)c1sc2cc(O)ccc2c1Oc1ccc(NC2CN(CCCF)C2)cc1. The minimum Gasteiger partial charge on any atom is -0.508 e. The molecule has 3 aromatic carbocycles. The number of thiophene rings is 1. The fourth-order valence-electron chi connectivity index (χ4n) is 4.42. The number of nitrogens with zero attached hydrogens (tertiary/aromatic N) is 1. The number of hydrogen-bond donors (Lipinski definition) is 2. The normalized spacial score (nSPS) is 14.1. The fourth-order valence-corrected chi connectivity index (χ4v) is 5.53. The molecule has 0 amide bonds. The van der Waals surface area contributed by atoms with Gasteiger partial charge in [-0.1, -0.05) is 0 Å². The molecular weight excluding hydrogens is 482 g/mol. The Hall–Kier alpha value is -3.49. The number of halogens is 2. The summed E-state index contributed by atoms with van der Waals surface area (Å²) in [7, 11) is 0. The number of aryl methyl sites for hydroxylation is 1. The minimum absolute atomic E-state index is 0.0990. The Bertz CT molecular complexity index is 1400. The van der Waals surface area contributed by atoms with Gasteiger partial charge in [-0.05, 0) is 79.6 Å². The summed E-state index contributed by atoms with van der Waals surface area (Å²) in [5.41, 5.74) is 1.90. The number of carbonyl (C=O) groups excluding carboxylic acids is 1. The summed E-state index contributed by atoms with van der Waals surface area (Å²) >= 11 is 1.23. The number of ether oxygens (including phenoxy) is 1. The minimum atomic E-state index is -0.398. The van der Waals surface area contributed by atoms with Gasteiger partial charge in [0.1, 0.15) is 22.2 Å². The Morgan fingerprint density at radius 3 is 2.64 bits per heavy atom. The standard InChI is InChI=1S/C28H26F2N2O3S/c1-17-13-18(30)3-9-23(17)26(34)28-27(24-10-6-21(33)14-25(24)36-28)35-22-7-4-19(5-8-22)31-20-15-32(16-20)12-2-11-29/h3-10,13-14,20,31,33H,2,11-12,15-16H2,1H3. The zero-order chi connectivity index (χ0) is 25.2. The number of carbonyl (C=O) groups is 1. The lowest BCUT2D eigenvalue weighted by Gasteiger charge is -2.40. The predicted molar refractivity (Wildman–Crippen MR) is 139 cm³/mol. The van der Waals surface area contributed by atoms with Gasteiger partial charge in [-0.2, -0.15) is 0 Å². The number of ketones is 1. The number of hydrogen-bond acceptors (Lipinski definition) is 6. The Morgan fingerprint density at radius 2 is 1.92 bits per heavy atom. The van der Waals surface area contributed by atoms with Crippen LogP contribution in [0.1, 0.15) is 27.2 Å². The average molecular weight is 509 g/mol. The van der Waals surface area contributed by atoms with E-state index in [4.69, 9.17) is 4.74 Å². The van der Waals surface area contributed by atoms with E-state index in [-0.39, 0.29) is 18.2 Å². The topological polar surface area (TPSA) is 61.8 Å². The van der Waals surface area contributed by atoms with Crippen LogP contribution in [0.2, 0.25) is 0 Å². The molecule has 0 unspecified atom stereocenters. The Labute approximate surface area is 211 Å². The molecule has 0 radical (unpaired) electrons. The molecular formula is C28H26F2N2O3S. The lowest BCUT2D eigenvalue weighted by molar-refractivity contribution is 0.104. The summed E-state index contributed by atoms with van der Waals surface area (Å²) in [6, 6.07) is 16.8. The second-order valence-electron chi connectivity index (χ2n) is 9.00. The summed E-state index contributed by atoms with van der Waals surface area (Å²) in [5.74, 6) is 0.416. The largest absolute Gasteiger partial charge is 0.508 e. The monoisotopic (exact) mass is 508 g/mol. The summed E-state index contributed by atoms with van der Waals surface area (Å²) in [6.45, 7) is 3.98. The van der Waals surface area contributed by atoms with Crippen molar-refractivity contribution in [3.05, 3.63) is 82.5 Å². The third kappa shape index (κ3) is 5.05. The quantitative estimate of drug-likeness (QED) is 0.252. The molecule has 4 aromatic rings. The first-order valence-corrected chi connectivity index (χ1v) is 12.6. The van der Waals surface area contributed by atoms with Crippen LogP contribution in [0.5, 0.6) is 17.2 Å². The van der Waals surface area contributed by atoms with Gasteiger partial charge in [0, 0.05) is 41.0 Å². The van der Waals surface area contributed by atoms with Gasteiger partial charge in [0.25, 0.3) is 0 Å². The van der Waals surface area contributed by atoms with E-state index in [1.807, 2.05) is 24.3 Å². The molecule has 36 heavy (non-hydrogen) atoms. The number of fused-ring (bicyclic) bond motifs is 1. The Kier molecular flexibility index (Phi) is 6.89. The van der Waals surface area contributed by atoms with Crippen molar-refractivity contribution >= 4 is 32.9 Å². The summed E-state index contributed by atoms with van der Waals surface area (Å²) in [5, 5.41) is 14.1. The average Bonchev–Trinajstić information content (AvgIpc) is 3.18. The van der Waals surface area contributed by atoms with Crippen molar-refractivity contribution in [2.75, 3.05) is 31.6 Å². The zero-order valence-electron chi connectivity index (χ0n) is 19.8. The second kappa shape index (κ2) is 10.2. The third-order valence-corrected chi connectivity index (χ3v) is 7.41. The van der Waals surface area contributed by atoms with Crippen molar-refractivity contribution < 1.29 is 23.4 Å². The van der Waals surface area contributed by atoms with E-state index in [2.05, 4.69) is 10.2 Å². The van der Waals surface area contributed by atoms with Crippen LogP contribution < -0.4 is 10.1 Å². The molecule has 5 nitrogen and oxygen atoms in total. The zero-order valence-corrected chi connectivity index (χ0v) is 20.6. The van der Waals surface area contributed by atoms with E-state index in [1.54, 1.807) is 25.1 Å².